The molecule has 2 N–H and O–H groups in total. The summed E-state index contributed by atoms with van der Waals surface area (Å²) in [6.45, 7) is 5.53. The van der Waals surface area contributed by atoms with Crippen LogP contribution in [0.4, 0.5) is 5.82 Å². The molecule has 1 saturated heterocycles. The van der Waals surface area contributed by atoms with Crippen LogP contribution in [-0.2, 0) is 4.74 Å². The Balaban J connectivity index is 1.58. The first kappa shape index (κ1) is 22.5. The van der Waals surface area contributed by atoms with Crippen molar-refractivity contribution in [2.75, 3.05) is 45.0 Å². The number of β-amino-alcohol motifs (C(OH)–C–C–N with tert-alkyl or cyclic N) is 1. The fourth-order valence-corrected chi connectivity index (χ4v) is 4.23. The van der Waals surface area contributed by atoms with Crippen molar-refractivity contribution in [1.82, 2.24) is 15.1 Å². The van der Waals surface area contributed by atoms with E-state index in [1.165, 1.54) is 5.56 Å². The lowest BCUT2D eigenvalue weighted by Crippen LogP contribution is -2.43. The molecule has 2 fully saturated rings. The molecule has 7 heteroatoms. The third-order valence-electron chi connectivity index (χ3n) is 6.02. The van der Waals surface area contributed by atoms with Crippen LogP contribution in [0, 0.1) is 12.3 Å². The Labute approximate surface area is 190 Å². The number of ether oxygens (including phenoxy) is 2. The Morgan fingerprint density at radius 1 is 1.25 bits per heavy atom. The SMILES string of the molecule is C#Cc1ccc(-c2nnc(N[C@@H]3CCCN(CCO)C3)cc2C2CC2)c(OCOCC)c1. The van der Waals surface area contributed by atoms with Crippen molar-refractivity contribution in [3.63, 3.8) is 0 Å². The van der Waals surface area contributed by atoms with Gasteiger partial charge < -0.3 is 19.9 Å². The van der Waals surface area contributed by atoms with E-state index in [4.69, 9.17) is 15.9 Å². The highest BCUT2D eigenvalue weighted by atomic mass is 16.7. The predicted molar refractivity (Wildman–Crippen MR) is 125 cm³/mol. The lowest BCUT2D eigenvalue weighted by Gasteiger charge is -2.32. The quantitative estimate of drug-likeness (QED) is 0.336. The monoisotopic (exact) mass is 436 g/mol. The first-order valence-electron chi connectivity index (χ1n) is 11.5. The summed E-state index contributed by atoms with van der Waals surface area (Å²) in [6.07, 6.45) is 10.1. The number of aromatic nitrogens is 2. The Kier molecular flexibility index (Phi) is 7.59. The van der Waals surface area contributed by atoms with Crippen LogP contribution in [0.5, 0.6) is 5.75 Å². The van der Waals surface area contributed by atoms with Gasteiger partial charge in [-0.3, -0.25) is 4.90 Å². The fourth-order valence-electron chi connectivity index (χ4n) is 4.23. The van der Waals surface area contributed by atoms with Gasteiger partial charge in [0.05, 0.1) is 6.61 Å². The van der Waals surface area contributed by atoms with Crippen molar-refractivity contribution in [3.05, 3.63) is 35.4 Å². The zero-order valence-electron chi connectivity index (χ0n) is 18.7. The number of aliphatic hydroxyl groups excluding tert-OH is 1. The molecule has 170 valence electrons. The van der Waals surface area contributed by atoms with E-state index in [-0.39, 0.29) is 13.4 Å². The molecule has 1 aliphatic carbocycles. The summed E-state index contributed by atoms with van der Waals surface area (Å²) < 4.78 is 11.3. The van der Waals surface area contributed by atoms with Crippen LogP contribution >= 0.6 is 0 Å². The molecule has 2 heterocycles. The maximum atomic E-state index is 9.25. The van der Waals surface area contributed by atoms with Gasteiger partial charge in [-0.05, 0) is 74.9 Å². The first-order valence-corrected chi connectivity index (χ1v) is 11.5. The summed E-state index contributed by atoms with van der Waals surface area (Å²) in [7, 11) is 0. The zero-order valence-corrected chi connectivity index (χ0v) is 18.7. The van der Waals surface area contributed by atoms with Crippen LogP contribution in [0.3, 0.4) is 0 Å². The van der Waals surface area contributed by atoms with Gasteiger partial charge in [-0.25, -0.2) is 0 Å². The molecule has 0 radical (unpaired) electrons. The number of nitrogens with one attached hydrogen (secondary N) is 1. The minimum atomic E-state index is 0.162. The maximum absolute atomic E-state index is 9.25. The number of hydrogen-bond acceptors (Lipinski definition) is 7. The third-order valence-corrected chi connectivity index (χ3v) is 6.02. The number of terminal acetylenes is 1. The molecule has 2 aromatic rings. The average Bonchev–Trinajstić information content (AvgIpc) is 3.65. The van der Waals surface area contributed by atoms with Crippen LogP contribution in [0.25, 0.3) is 11.3 Å². The van der Waals surface area contributed by atoms with E-state index < -0.39 is 0 Å². The highest BCUT2D eigenvalue weighted by Crippen LogP contribution is 2.45. The zero-order chi connectivity index (χ0) is 22.3. The molecular weight excluding hydrogens is 404 g/mol. The molecule has 1 aromatic carbocycles. The second kappa shape index (κ2) is 10.8. The minimum absolute atomic E-state index is 0.162. The minimum Gasteiger partial charge on any atom is -0.467 e. The third kappa shape index (κ3) is 5.57. The molecule has 7 nitrogen and oxygen atoms in total. The van der Waals surface area contributed by atoms with E-state index in [1.54, 1.807) is 0 Å². The lowest BCUT2D eigenvalue weighted by molar-refractivity contribution is 0.0227. The number of anilines is 1. The number of nitrogens with zero attached hydrogens (tertiary/aromatic N) is 3. The van der Waals surface area contributed by atoms with Crippen LogP contribution < -0.4 is 10.1 Å². The van der Waals surface area contributed by atoms with Crippen molar-refractivity contribution >= 4 is 5.82 Å². The molecule has 1 aromatic heterocycles. The largest absolute Gasteiger partial charge is 0.467 e. The predicted octanol–water partition coefficient (Wildman–Crippen LogP) is 3.24. The van der Waals surface area contributed by atoms with Crippen molar-refractivity contribution in [3.8, 4) is 29.4 Å². The van der Waals surface area contributed by atoms with Gasteiger partial charge >= 0.3 is 0 Å². The van der Waals surface area contributed by atoms with E-state index in [0.29, 0.717) is 30.9 Å². The summed E-state index contributed by atoms with van der Waals surface area (Å²) in [5, 5.41) is 22.0. The van der Waals surface area contributed by atoms with Crippen molar-refractivity contribution < 1.29 is 14.6 Å². The number of benzene rings is 1. The summed E-state index contributed by atoms with van der Waals surface area (Å²) in [5.41, 5.74) is 3.68. The molecule has 0 amide bonds. The Hall–Kier alpha value is -2.66. The number of piperidine rings is 1. The number of aliphatic hydroxyl groups is 1. The Morgan fingerprint density at radius 3 is 2.88 bits per heavy atom. The Bertz CT molecular complexity index is 953. The normalized spacial score (nSPS) is 18.8. The van der Waals surface area contributed by atoms with Crippen molar-refractivity contribution in [1.29, 1.82) is 0 Å². The smallest absolute Gasteiger partial charge is 0.189 e. The van der Waals surface area contributed by atoms with E-state index >= 15 is 0 Å². The van der Waals surface area contributed by atoms with Gasteiger partial charge in [0.25, 0.3) is 0 Å². The van der Waals surface area contributed by atoms with Gasteiger partial charge in [-0.2, -0.15) is 0 Å². The molecule has 32 heavy (non-hydrogen) atoms. The van der Waals surface area contributed by atoms with Gasteiger partial charge in [-0.15, -0.1) is 16.6 Å². The van der Waals surface area contributed by atoms with E-state index in [1.807, 2.05) is 25.1 Å². The van der Waals surface area contributed by atoms with Crippen molar-refractivity contribution in [2.24, 2.45) is 0 Å². The standard InChI is InChI=1S/C25H32N4O3/c1-3-18-7-10-21(23(14-18)32-17-31-4-2)25-22(19-8-9-19)15-24(27-28-25)26-20-6-5-11-29(16-20)12-13-30/h1,7,10,14-15,19-20,30H,4-6,8-9,11-13,16-17H2,2H3,(H,26,27)/t20-/m1/s1. The summed E-state index contributed by atoms with van der Waals surface area (Å²) in [6, 6.07) is 8.18. The van der Waals surface area contributed by atoms with Gasteiger partial charge in [0, 0.05) is 36.9 Å². The molecule has 1 atom stereocenters. The molecule has 1 aliphatic heterocycles. The molecule has 2 aliphatic rings. The lowest BCUT2D eigenvalue weighted by atomic mass is 10.0. The van der Waals surface area contributed by atoms with Gasteiger partial charge in [0.2, 0.25) is 0 Å². The first-order chi connectivity index (χ1) is 15.7. The van der Waals surface area contributed by atoms with Crippen LogP contribution in [0.15, 0.2) is 24.3 Å². The topological polar surface area (TPSA) is 79.7 Å². The van der Waals surface area contributed by atoms with E-state index in [2.05, 4.69) is 32.4 Å². The van der Waals surface area contributed by atoms with Crippen LogP contribution in [-0.4, -0.2) is 65.9 Å². The molecule has 0 bridgehead atoms. The van der Waals surface area contributed by atoms with Crippen molar-refractivity contribution in [2.45, 2.75) is 44.6 Å². The average molecular weight is 437 g/mol. The number of likely N-dealkylation sites (tertiary alicyclic amines) is 1. The molecule has 4 rings (SSSR count). The summed E-state index contributed by atoms with van der Waals surface area (Å²) >= 11 is 0. The highest BCUT2D eigenvalue weighted by Gasteiger charge is 2.30. The van der Waals surface area contributed by atoms with Gasteiger partial charge in [-0.1, -0.05) is 5.92 Å². The second-order valence-corrected chi connectivity index (χ2v) is 8.43. The second-order valence-electron chi connectivity index (χ2n) is 8.43. The molecule has 0 unspecified atom stereocenters. The molecule has 0 spiro atoms. The van der Waals surface area contributed by atoms with Crippen LogP contribution in [0.1, 0.15) is 49.7 Å². The fraction of sp³-hybridized carbons (Fsp3) is 0.520. The van der Waals surface area contributed by atoms with E-state index in [9.17, 15) is 5.11 Å². The molecule has 1 saturated carbocycles. The van der Waals surface area contributed by atoms with Gasteiger partial charge in [0.1, 0.15) is 17.3 Å². The molecular formula is C25H32N4O3. The maximum Gasteiger partial charge on any atom is 0.189 e. The number of hydrogen-bond donors (Lipinski definition) is 2. The Morgan fingerprint density at radius 2 is 2.12 bits per heavy atom. The van der Waals surface area contributed by atoms with Gasteiger partial charge in [0.15, 0.2) is 6.79 Å². The summed E-state index contributed by atoms with van der Waals surface area (Å²) in [4.78, 5) is 2.29. The highest BCUT2D eigenvalue weighted by molar-refractivity contribution is 5.73. The van der Waals surface area contributed by atoms with Crippen LogP contribution in [0.2, 0.25) is 0 Å². The number of rotatable bonds is 10. The van der Waals surface area contributed by atoms with E-state index in [0.717, 1.165) is 61.4 Å². The summed E-state index contributed by atoms with van der Waals surface area (Å²) in [5.74, 6) is 4.63.